The molecular weight excluding hydrogens is 301 g/mol. The molecule has 1 aliphatic heterocycles. The molecule has 6 nitrogen and oxygen atoms in total. The smallest absolute Gasteiger partial charge is 0.332 e. The molecule has 0 unspecified atom stereocenters. The molecule has 0 spiro atoms. The van der Waals surface area contributed by atoms with Crippen LogP contribution in [0.3, 0.4) is 0 Å². The zero-order chi connectivity index (χ0) is 17.1. The van der Waals surface area contributed by atoms with Crippen LogP contribution in [0.5, 0.6) is 0 Å². The second kappa shape index (κ2) is 6.76. The molecule has 1 aliphatic rings. The summed E-state index contributed by atoms with van der Waals surface area (Å²) in [6.07, 6.45) is 0.756. The van der Waals surface area contributed by atoms with E-state index in [9.17, 15) is 18.8 Å². The average Bonchev–Trinajstić information content (AvgIpc) is 2.72. The number of rotatable bonds is 5. The summed E-state index contributed by atoms with van der Waals surface area (Å²) in [4.78, 5) is 38.8. The van der Waals surface area contributed by atoms with Gasteiger partial charge in [0.2, 0.25) is 5.91 Å². The van der Waals surface area contributed by atoms with Crippen LogP contribution >= 0.6 is 0 Å². The monoisotopic (exact) mass is 321 g/mol. The Labute approximate surface area is 134 Å². The van der Waals surface area contributed by atoms with E-state index in [1.165, 1.54) is 29.2 Å². The molecule has 124 valence electrons. The molecule has 0 bridgehead atoms. The van der Waals surface area contributed by atoms with Gasteiger partial charge in [-0.05, 0) is 44.5 Å². The molecule has 2 atom stereocenters. The normalized spacial score (nSPS) is 19.2. The van der Waals surface area contributed by atoms with Crippen molar-refractivity contribution in [3.8, 4) is 0 Å². The van der Waals surface area contributed by atoms with E-state index in [0.29, 0.717) is 5.69 Å². The number of urea groups is 1. The van der Waals surface area contributed by atoms with Crippen LogP contribution in [0.2, 0.25) is 0 Å². The van der Waals surface area contributed by atoms with Gasteiger partial charge in [-0.2, -0.15) is 0 Å². The summed E-state index contributed by atoms with van der Waals surface area (Å²) in [5.41, 5.74) is 0.419. The number of carbonyl (C=O) groups is 3. The minimum Gasteiger partial charge on any atom is -0.352 e. The van der Waals surface area contributed by atoms with Crippen LogP contribution in [0.4, 0.5) is 14.9 Å². The van der Waals surface area contributed by atoms with Gasteiger partial charge in [-0.1, -0.05) is 6.92 Å². The lowest BCUT2D eigenvalue weighted by Gasteiger charge is -2.19. The van der Waals surface area contributed by atoms with E-state index in [4.69, 9.17) is 0 Å². The van der Waals surface area contributed by atoms with Crippen LogP contribution in [0, 0.1) is 5.82 Å². The molecule has 0 saturated carbocycles. The van der Waals surface area contributed by atoms with E-state index >= 15 is 0 Å². The van der Waals surface area contributed by atoms with E-state index < -0.39 is 23.8 Å². The molecule has 7 heteroatoms. The molecule has 0 aromatic heterocycles. The van der Waals surface area contributed by atoms with Gasteiger partial charge in [0.05, 0.1) is 0 Å². The first-order valence-corrected chi connectivity index (χ1v) is 7.54. The van der Waals surface area contributed by atoms with E-state index in [0.717, 1.165) is 11.3 Å². The minimum atomic E-state index is -0.732. The highest BCUT2D eigenvalue weighted by Gasteiger charge is 2.44. The van der Waals surface area contributed by atoms with Gasteiger partial charge in [-0.25, -0.2) is 9.18 Å². The number of nitrogens with one attached hydrogen (secondary N) is 1. The number of nitrogens with zero attached hydrogens (tertiary/aromatic N) is 2. The third-order valence-electron chi connectivity index (χ3n) is 3.87. The standard InChI is InChI=1S/C16H20FN3O3/c1-4-10(2)18-14(21)9-19-15(22)11(3)20(16(19)23)13-7-5-12(17)6-8-13/h5-8,10-11H,4,9H2,1-3H3,(H,18,21)/t10-,11+/m1/s1. The van der Waals surface area contributed by atoms with Gasteiger partial charge in [-0.15, -0.1) is 0 Å². The SMILES string of the molecule is CC[C@@H](C)NC(=O)CN1C(=O)[C@H](C)N(c2ccc(F)cc2)C1=O. The van der Waals surface area contributed by atoms with Crippen molar-refractivity contribution in [2.45, 2.75) is 39.3 Å². The average molecular weight is 321 g/mol. The number of benzene rings is 1. The van der Waals surface area contributed by atoms with Gasteiger partial charge < -0.3 is 5.32 Å². The van der Waals surface area contributed by atoms with Crippen molar-refractivity contribution in [2.75, 3.05) is 11.4 Å². The highest BCUT2D eigenvalue weighted by atomic mass is 19.1. The number of halogens is 1. The van der Waals surface area contributed by atoms with Crippen LogP contribution in [0.1, 0.15) is 27.2 Å². The highest BCUT2D eigenvalue weighted by molar-refractivity contribution is 6.15. The van der Waals surface area contributed by atoms with Gasteiger partial charge in [0.15, 0.2) is 0 Å². The van der Waals surface area contributed by atoms with Gasteiger partial charge in [0.1, 0.15) is 18.4 Å². The summed E-state index contributed by atoms with van der Waals surface area (Å²) in [5, 5.41) is 2.72. The maximum atomic E-state index is 13.0. The Balaban J connectivity index is 2.14. The fraction of sp³-hybridized carbons (Fsp3) is 0.438. The summed E-state index contributed by atoms with van der Waals surface area (Å²) in [5.74, 6) is -1.25. The Morgan fingerprint density at radius 3 is 2.48 bits per heavy atom. The van der Waals surface area contributed by atoms with Crippen LogP contribution in [0.15, 0.2) is 24.3 Å². The lowest BCUT2D eigenvalue weighted by Crippen LogP contribution is -2.43. The Hall–Kier alpha value is -2.44. The van der Waals surface area contributed by atoms with Gasteiger partial charge >= 0.3 is 6.03 Å². The number of carbonyl (C=O) groups excluding carboxylic acids is 3. The van der Waals surface area contributed by atoms with E-state index in [-0.39, 0.29) is 18.5 Å². The molecule has 23 heavy (non-hydrogen) atoms. The van der Waals surface area contributed by atoms with Crippen molar-refractivity contribution in [1.82, 2.24) is 10.2 Å². The van der Waals surface area contributed by atoms with Crippen molar-refractivity contribution >= 4 is 23.5 Å². The summed E-state index contributed by atoms with van der Waals surface area (Å²) in [7, 11) is 0. The molecule has 1 aromatic rings. The molecule has 2 rings (SSSR count). The number of imide groups is 1. The Morgan fingerprint density at radius 2 is 1.91 bits per heavy atom. The molecule has 1 aromatic carbocycles. The quantitative estimate of drug-likeness (QED) is 0.842. The summed E-state index contributed by atoms with van der Waals surface area (Å²) in [6.45, 7) is 5.04. The number of hydrogen-bond donors (Lipinski definition) is 1. The first kappa shape index (κ1) is 16.9. The van der Waals surface area contributed by atoms with Crippen molar-refractivity contribution < 1.29 is 18.8 Å². The maximum Gasteiger partial charge on any atom is 0.332 e. The summed E-state index contributed by atoms with van der Waals surface area (Å²) < 4.78 is 13.0. The molecule has 0 radical (unpaired) electrons. The predicted molar refractivity (Wildman–Crippen MR) is 83.3 cm³/mol. The molecule has 1 heterocycles. The lowest BCUT2D eigenvalue weighted by molar-refractivity contribution is -0.132. The second-order valence-corrected chi connectivity index (χ2v) is 5.61. The van der Waals surface area contributed by atoms with Gasteiger partial charge in [0.25, 0.3) is 5.91 Å². The molecule has 4 amide bonds. The van der Waals surface area contributed by atoms with Crippen LogP contribution in [-0.4, -0.2) is 41.4 Å². The molecular formula is C16H20FN3O3. The van der Waals surface area contributed by atoms with Crippen molar-refractivity contribution in [3.05, 3.63) is 30.1 Å². The maximum absolute atomic E-state index is 13.0. The minimum absolute atomic E-state index is 0.0269. The van der Waals surface area contributed by atoms with Gasteiger partial charge in [-0.3, -0.25) is 19.4 Å². The molecule has 1 N–H and O–H groups in total. The van der Waals surface area contributed by atoms with Crippen LogP contribution in [0.25, 0.3) is 0 Å². The van der Waals surface area contributed by atoms with E-state index in [2.05, 4.69) is 5.32 Å². The summed E-state index contributed by atoms with van der Waals surface area (Å²) >= 11 is 0. The zero-order valence-corrected chi connectivity index (χ0v) is 13.4. The van der Waals surface area contributed by atoms with Crippen molar-refractivity contribution in [1.29, 1.82) is 0 Å². The third-order valence-corrected chi connectivity index (χ3v) is 3.87. The topological polar surface area (TPSA) is 69.7 Å². The largest absolute Gasteiger partial charge is 0.352 e. The van der Waals surface area contributed by atoms with E-state index in [1.807, 2.05) is 13.8 Å². The van der Waals surface area contributed by atoms with Crippen molar-refractivity contribution in [2.24, 2.45) is 0 Å². The fourth-order valence-electron chi connectivity index (χ4n) is 2.37. The van der Waals surface area contributed by atoms with Crippen molar-refractivity contribution in [3.63, 3.8) is 0 Å². The van der Waals surface area contributed by atoms with Crippen LogP contribution < -0.4 is 10.2 Å². The van der Waals surface area contributed by atoms with E-state index in [1.54, 1.807) is 6.92 Å². The first-order chi connectivity index (χ1) is 10.8. The Morgan fingerprint density at radius 1 is 1.30 bits per heavy atom. The Bertz CT molecular complexity index is 618. The number of amides is 4. The molecule has 0 aliphatic carbocycles. The fourth-order valence-corrected chi connectivity index (χ4v) is 2.37. The number of hydrogen-bond acceptors (Lipinski definition) is 3. The second-order valence-electron chi connectivity index (χ2n) is 5.61. The van der Waals surface area contributed by atoms with Crippen LogP contribution in [-0.2, 0) is 9.59 Å². The van der Waals surface area contributed by atoms with Gasteiger partial charge in [0, 0.05) is 11.7 Å². The molecule has 1 fully saturated rings. The summed E-state index contributed by atoms with van der Waals surface area (Å²) in [6, 6.07) is 3.97. The molecule has 1 saturated heterocycles. The third kappa shape index (κ3) is 3.49. The zero-order valence-electron chi connectivity index (χ0n) is 13.4. The first-order valence-electron chi connectivity index (χ1n) is 7.54. The Kier molecular flexibility index (Phi) is 4.98. The predicted octanol–water partition coefficient (Wildman–Crippen LogP) is 1.90. The lowest BCUT2D eigenvalue weighted by atomic mass is 10.2. The number of anilines is 1. The highest BCUT2D eigenvalue weighted by Crippen LogP contribution is 2.25.